The van der Waals surface area contributed by atoms with Gasteiger partial charge in [0.25, 0.3) is 0 Å². The highest BCUT2D eigenvalue weighted by Crippen LogP contribution is 2.20. The van der Waals surface area contributed by atoms with Crippen LogP contribution in [0.15, 0.2) is 4.52 Å². The van der Waals surface area contributed by atoms with Crippen LogP contribution in [0.3, 0.4) is 0 Å². The van der Waals surface area contributed by atoms with Crippen LogP contribution in [0.5, 0.6) is 0 Å². The van der Waals surface area contributed by atoms with Crippen LogP contribution >= 0.6 is 0 Å². The van der Waals surface area contributed by atoms with Crippen molar-refractivity contribution in [1.29, 1.82) is 0 Å². The molecule has 1 unspecified atom stereocenters. The highest BCUT2D eigenvalue weighted by molar-refractivity contribution is 5.00. The van der Waals surface area contributed by atoms with Crippen molar-refractivity contribution in [2.45, 2.75) is 39.3 Å². The van der Waals surface area contributed by atoms with E-state index in [1.165, 1.54) is 0 Å². The minimum absolute atomic E-state index is 0.139. The Labute approximate surface area is 90.2 Å². The number of nitrogens with one attached hydrogen (secondary N) is 1. The average molecular weight is 213 g/mol. The molecule has 5 heteroatoms. The first kappa shape index (κ1) is 12.1. The number of hydrogen-bond donors (Lipinski definition) is 1. The van der Waals surface area contributed by atoms with Gasteiger partial charge in [-0.25, -0.2) is 0 Å². The van der Waals surface area contributed by atoms with Crippen LogP contribution in [0, 0.1) is 0 Å². The Bertz CT molecular complexity index is 309. The summed E-state index contributed by atoms with van der Waals surface area (Å²) < 4.78 is 10.3. The maximum absolute atomic E-state index is 5.20. The maximum Gasteiger partial charge on any atom is 0.246 e. The highest BCUT2D eigenvalue weighted by Gasteiger charge is 2.27. The fourth-order valence-corrected chi connectivity index (χ4v) is 1.28. The molecule has 0 saturated heterocycles. The van der Waals surface area contributed by atoms with E-state index in [4.69, 9.17) is 9.26 Å². The topological polar surface area (TPSA) is 60.2 Å². The third kappa shape index (κ3) is 2.76. The van der Waals surface area contributed by atoms with Gasteiger partial charge in [-0.1, -0.05) is 12.1 Å². The second kappa shape index (κ2) is 4.72. The largest absolute Gasteiger partial charge is 0.374 e. The summed E-state index contributed by atoms with van der Waals surface area (Å²) in [4.78, 5) is 4.31. The molecule has 0 spiro atoms. The first-order chi connectivity index (χ1) is 7.01. The van der Waals surface area contributed by atoms with Crippen LogP contribution in [0.1, 0.15) is 45.5 Å². The van der Waals surface area contributed by atoms with Crippen molar-refractivity contribution in [1.82, 2.24) is 15.5 Å². The Kier molecular flexibility index (Phi) is 3.82. The number of nitrogens with zero attached hydrogens (tertiary/aromatic N) is 2. The van der Waals surface area contributed by atoms with E-state index >= 15 is 0 Å². The molecule has 0 saturated carbocycles. The van der Waals surface area contributed by atoms with E-state index in [0.29, 0.717) is 11.7 Å². The Hall–Kier alpha value is -0.940. The van der Waals surface area contributed by atoms with Crippen LogP contribution in [0.2, 0.25) is 0 Å². The van der Waals surface area contributed by atoms with Gasteiger partial charge in [-0.05, 0) is 27.3 Å². The summed E-state index contributed by atoms with van der Waals surface area (Å²) in [6.45, 7) is 8.78. The molecule has 0 aliphatic rings. The fourth-order valence-electron chi connectivity index (χ4n) is 1.28. The second-order valence-corrected chi connectivity index (χ2v) is 3.99. The van der Waals surface area contributed by atoms with Gasteiger partial charge in [0, 0.05) is 7.11 Å². The molecule has 0 bridgehead atoms. The number of methoxy groups -OCH3 is 1. The van der Waals surface area contributed by atoms with Gasteiger partial charge in [0.05, 0.1) is 5.54 Å². The molecule has 5 nitrogen and oxygen atoms in total. The number of rotatable bonds is 5. The molecule has 0 aromatic carbocycles. The Morgan fingerprint density at radius 2 is 2.20 bits per heavy atom. The van der Waals surface area contributed by atoms with Gasteiger partial charge in [-0.2, -0.15) is 4.98 Å². The molecule has 0 aliphatic heterocycles. The lowest BCUT2D eigenvalue weighted by molar-refractivity contribution is 0.109. The van der Waals surface area contributed by atoms with Crippen LogP contribution in [-0.2, 0) is 10.3 Å². The maximum atomic E-state index is 5.20. The standard InChI is InChI=1S/C10H19N3O2/c1-6-11-10(3,4)9-12-8(13-15-9)7(2)14-5/h7,11H,6H2,1-5H3. The lowest BCUT2D eigenvalue weighted by Gasteiger charge is -2.20. The van der Waals surface area contributed by atoms with Crippen molar-refractivity contribution < 1.29 is 9.26 Å². The van der Waals surface area contributed by atoms with Crippen LogP contribution in [-0.4, -0.2) is 23.8 Å². The van der Waals surface area contributed by atoms with E-state index in [1.54, 1.807) is 7.11 Å². The van der Waals surface area contributed by atoms with Gasteiger partial charge in [0.15, 0.2) is 5.82 Å². The minimum atomic E-state index is -0.298. The van der Waals surface area contributed by atoms with Crippen LogP contribution in [0.25, 0.3) is 0 Å². The molecule has 1 heterocycles. The normalized spacial score (nSPS) is 14.2. The van der Waals surface area contributed by atoms with Crippen molar-refractivity contribution >= 4 is 0 Å². The zero-order chi connectivity index (χ0) is 11.5. The SMILES string of the molecule is CCNC(C)(C)c1nc(C(C)OC)no1. The molecule has 0 amide bonds. The molecular formula is C10H19N3O2. The van der Waals surface area contributed by atoms with Gasteiger partial charge in [-0.3, -0.25) is 0 Å². The molecular weight excluding hydrogens is 194 g/mol. The summed E-state index contributed by atoms with van der Waals surface area (Å²) in [5.74, 6) is 1.17. The predicted molar refractivity (Wildman–Crippen MR) is 56.4 cm³/mol. The van der Waals surface area contributed by atoms with E-state index in [0.717, 1.165) is 6.54 Å². The summed E-state index contributed by atoms with van der Waals surface area (Å²) >= 11 is 0. The monoisotopic (exact) mass is 213 g/mol. The lowest BCUT2D eigenvalue weighted by Crippen LogP contribution is -2.36. The van der Waals surface area contributed by atoms with Crippen LogP contribution < -0.4 is 5.32 Å². The van der Waals surface area contributed by atoms with Crippen molar-refractivity contribution in [2.75, 3.05) is 13.7 Å². The van der Waals surface area contributed by atoms with Crippen molar-refractivity contribution in [3.8, 4) is 0 Å². The van der Waals surface area contributed by atoms with Gasteiger partial charge < -0.3 is 14.6 Å². The molecule has 1 rings (SSSR count). The van der Waals surface area contributed by atoms with E-state index in [2.05, 4.69) is 15.5 Å². The van der Waals surface area contributed by atoms with Gasteiger partial charge >= 0.3 is 0 Å². The Morgan fingerprint density at radius 1 is 1.53 bits per heavy atom. The highest BCUT2D eigenvalue weighted by atomic mass is 16.5. The van der Waals surface area contributed by atoms with Crippen molar-refractivity contribution in [2.24, 2.45) is 0 Å². The molecule has 0 fully saturated rings. The van der Waals surface area contributed by atoms with Gasteiger partial charge in [0.2, 0.25) is 5.89 Å². The van der Waals surface area contributed by atoms with Gasteiger partial charge in [0.1, 0.15) is 6.10 Å². The van der Waals surface area contributed by atoms with E-state index < -0.39 is 0 Å². The molecule has 1 aromatic heterocycles. The third-order valence-electron chi connectivity index (χ3n) is 2.31. The lowest BCUT2D eigenvalue weighted by atomic mass is 10.1. The second-order valence-electron chi connectivity index (χ2n) is 3.99. The van der Waals surface area contributed by atoms with E-state index in [-0.39, 0.29) is 11.6 Å². The zero-order valence-corrected chi connectivity index (χ0v) is 10.00. The summed E-state index contributed by atoms with van der Waals surface area (Å²) in [5.41, 5.74) is -0.298. The molecule has 1 atom stereocenters. The molecule has 15 heavy (non-hydrogen) atoms. The summed E-state index contributed by atoms with van der Waals surface area (Å²) in [6.07, 6.45) is -0.139. The Balaban J connectivity index is 2.83. The van der Waals surface area contributed by atoms with Gasteiger partial charge in [-0.15, -0.1) is 0 Å². The smallest absolute Gasteiger partial charge is 0.246 e. The number of ether oxygens (including phenoxy) is 1. The van der Waals surface area contributed by atoms with E-state index in [9.17, 15) is 0 Å². The predicted octanol–water partition coefficient (Wildman–Crippen LogP) is 1.62. The third-order valence-corrected chi connectivity index (χ3v) is 2.31. The molecule has 1 N–H and O–H groups in total. The minimum Gasteiger partial charge on any atom is -0.374 e. The zero-order valence-electron chi connectivity index (χ0n) is 10.00. The molecule has 1 aromatic rings. The Morgan fingerprint density at radius 3 is 2.73 bits per heavy atom. The molecule has 0 radical (unpaired) electrons. The summed E-state index contributed by atoms with van der Waals surface area (Å²) in [6, 6.07) is 0. The average Bonchev–Trinajstić information content (AvgIpc) is 2.66. The summed E-state index contributed by atoms with van der Waals surface area (Å²) in [7, 11) is 1.62. The number of hydrogen-bond acceptors (Lipinski definition) is 5. The van der Waals surface area contributed by atoms with E-state index in [1.807, 2.05) is 27.7 Å². The van der Waals surface area contributed by atoms with Crippen molar-refractivity contribution in [3.05, 3.63) is 11.7 Å². The fraction of sp³-hybridized carbons (Fsp3) is 0.800. The van der Waals surface area contributed by atoms with Crippen molar-refractivity contribution in [3.63, 3.8) is 0 Å². The summed E-state index contributed by atoms with van der Waals surface area (Å²) in [5, 5.41) is 7.16. The molecule has 0 aliphatic carbocycles. The first-order valence-corrected chi connectivity index (χ1v) is 5.13. The van der Waals surface area contributed by atoms with Crippen LogP contribution in [0.4, 0.5) is 0 Å². The first-order valence-electron chi connectivity index (χ1n) is 5.13. The quantitative estimate of drug-likeness (QED) is 0.805. The number of aromatic nitrogens is 2. The molecule has 86 valence electrons.